The number of rotatable bonds is 9. The lowest BCUT2D eigenvalue weighted by atomic mass is 10.1. The van der Waals surface area contributed by atoms with Crippen LogP contribution in [0, 0.1) is 0 Å². The summed E-state index contributed by atoms with van der Waals surface area (Å²) in [5.41, 5.74) is 4.17. The molecule has 2 aromatic carbocycles. The van der Waals surface area contributed by atoms with E-state index in [4.69, 9.17) is 5.11 Å². The first-order chi connectivity index (χ1) is 12.0. The normalized spacial score (nSPS) is 12.3. The minimum Gasteiger partial charge on any atom is -0.481 e. The van der Waals surface area contributed by atoms with Crippen molar-refractivity contribution >= 4 is 17.0 Å². The number of hydrogen-bond acceptors (Lipinski definition) is 2. The van der Waals surface area contributed by atoms with E-state index in [1.807, 2.05) is 22.5 Å². The van der Waals surface area contributed by atoms with Crippen molar-refractivity contribution in [2.75, 3.05) is 6.26 Å². The van der Waals surface area contributed by atoms with Gasteiger partial charge in [-0.1, -0.05) is 61.9 Å². The molecule has 0 aliphatic rings. The number of aliphatic carboxylic acids is 1. The van der Waals surface area contributed by atoms with Crippen molar-refractivity contribution in [3.63, 3.8) is 0 Å². The van der Waals surface area contributed by atoms with Crippen LogP contribution in [-0.2, 0) is 41.7 Å². The molecule has 0 bridgehead atoms. The monoisotopic (exact) mass is 359 g/mol. The summed E-state index contributed by atoms with van der Waals surface area (Å²) >= 11 is 0. The van der Waals surface area contributed by atoms with Crippen LogP contribution in [0.5, 0.6) is 0 Å². The molecule has 0 heterocycles. The van der Waals surface area contributed by atoms with Crippen molar-refractivity contribution in [2.24, 2.45) is 0 Å². The highest BCUT2D eigenvalue weighted by molar-refractivity contribution is 7.81. The molecule has 1 atom stereocenters. The van der Waals surface area contributed by atoms with Crippen molar-refractivity contribution < 1.29 is 14.1 Å². The Morgan fingerprint density at radius 3 is 2.20 bits per heavy atom. The van der Waals surface area contributed by atoms with Crippen LogP contribution in [-0.4, -0.2) is 25.8 Å². The van der Waals surface area contributed by atoms with Gasteiger partial charge in [-0.3, -0.25) is 4.79 Å². The molecular weight excluding hydrogens is 334 g/mol. The predicted molar refractivity (Wildman–Crippen MR) is 102 cm³/mol. The van der Waals surface area contributed by atoms with Crippen LogP contribution in [0.15, 0.2) is 48.5 Å². The number of hydrogen-bond donors (Lipinski definition) is 1. The molecule has 5 heteroatoms. The summed E-state index contributed by atoms with van der Waals surface area (Å²) in [5, 5.41) is 8.92. The largest absolute Gasteiger partial charge is 0.481 e. The first kappa shape index (κ1) is 19.3. The molecule has 2 aromatic rings. The molecular formula is C20H25NO3S. The minimum atomic E-state index is -1.11. The van der Waals surface area contributed by atoms with Gasteiger partial charge >= 0.3 is 5.97 Å². The summed E-state index contributed by atoms with van der Waals surface area (Å²) in [5.74, 6) is -0.847. The van der Waals surface area contributed by atoms with Gasteiger partial charge in [0.1, 0.15) is 0 Å². The molecule has 0 saturated carbocycles. The summed E-state index contributed by atoms with van der Waals surface area (Å²) in [4.78, 5) is 10.9. The molecule has 0 fully saturated rings. The minimum absolute atomic E-state index is 0.00193. The van der Waals surface area contributed by atoms with Gasteiger partial charge in [0, 0.05) is 19.3 Å². The van der Waals surface area contributed by atoms with Crippen LogP contribution in [0.25, 0.3) is 0 Å². The van der Waals surface area contributed by atoms with Crippen LogP contribution in [0.2, 0.25) is 0 Å². The quantitative estimate of drug-likeness (QED) is 0.745. The summed E-state index contributed by atoms with van der Waals surface area (Å²) < 4.78 is 14.0. The average molecular weight is 359 g/mol. The Labute approximate surface area is 152 Å². The van der Waals surface area contributed by atoms with Crippen molar-refractivity contribution in [1.82, 2.24) is 4.31 Å². The van der Waals surface area contributed by atoms with E-state index in [1.165, 1.54) is 5.56 Å². The molecule has 134 valence electrons. The zero-order valence-electron chi connectivity index (χ0n) is 14.8. The van der Waals surface area contributed by atoms with Gasteiger partial charge in [-0.05, 0) is 28.7 Å². The van der Waals surface area contributed by atoms with Crippen LogP contribution >= 0.6 is 0 Å². The number of carbonyl (C=O) groups is 1. The van der Waals surface area contributed by atoms with E-state index in [0.717, 1.165) is 29.5 Å². The second-order valence-electron chi connectivity index (χ2n) is 6.18. The average Bonchev–Trinajstić information content (AvgIpc) is 2.56. The number of aryl methyl sites for hydroxylation is 1. The molecule has 0 aliphatic carbocycles. The first-order valence-electron chi connectivity index (χ1n) is 8.44. The molecule has 25 heavy (non-hydrogen) atoms. The summed E-state index contributed by atoms with van der Waals surface area (Å²) in [6, 6.07) is 15.9. The highest BCUT2D eigenvalue weighted by Gasteiger charge is 2.12. The van der Waals surface area contributed by atoms with Gasteiger partial charge in [0.25, 0.3) is 0 Å². The second-order valence-corrected chi connectivity index (χ2v) is 7.54. The van der Waals surface area contributed by atoms with E-state index in [1.54, 1.807) is 12.3 Å². The Bertz CT molecular complexity index is 728. The topological polar surface area (TPSA) is 57.6 Å². The fourth-order valence-corrected chi connectivity index (χ4v) is 3.42. The Balaban J connectivity index is 2.08. The third-order valence-electron chi connectivity index (χ3n) is 3.99. The zero-order chi connectivity index (χ0) is 18.2. The molecule has 0 amide bonds. The van der Waals surface area contributed by atoms with Gasteiger partial charge in [0.05, 0.1) is 17.4 Å². The highest BCUT2D eigenvalue weighted by Crippen LogP contribution is 2.15. The van der Waals surface area contributed by atoms with E-state index >= 15 is 0 Å². The smallest absolute Gasteiger partial charge is 0.307 e. The molecule has 0 aliphatic heterocycles. The maximum absolute atomic E-state index is 12.1. The van der Waals surface area contributed by atoms with E-state index in [-0.39, 0.29) is 6.42 Å². The maximum atomic E-state index is 12.1. The second kappa shape index (κ2) is 9.49. The van der Waals surface area contributed by atoms with Crippen LogP contribution in [0.1, 0.15) is 35.6 Å². The van der Waals surface area contributed by atoms with Gasteiger partial charge < -0.3 is 5.11 Å². The Kier molecular flexibility index (Phi) is 7.34. The third kappa shape index (κ3) is 6.44. The van der Waals surface area contributed by atoms with Gasteiger partial charge in [0.15, 0.2) is 0 Å². The summed E-state index contributed by atoms with van der Waals surface area (Å²) in [6.45, 7) is 3.28. The molecule has 1 unspecified atom stereocenters. The number of carboxylic acids is 1. The predicted octanol–water partition coefficient (Wildman–Crippen LogP) is 3.56. The van der Waals surface area contributed by atoms with Crippen molar-refractivity contribution in [3.8, 4) is 0 Å². The Morgan fingerprint density at radius 2 is 1.60 bits per heavy atom. The number of nitrogens with zero attached hydrogens (tertiary/aromatic N) is 1. The van der Waals surface area contributed by atoms with E-state index in [0.29, 0.717) is 13.1 Å². The van der Waals surface area contributed by atoms with E-state index < -0.39 is 17.0 Å². The molecule has 0 radical (unpaired) electrons. The van der Waals surface area contributed by atoms with Gasteiger partial charge in [0.2, 0.25) is 0 Å². The van der Waals surface area contributed by atoms with Gasteiger partial charge in [-0.15, -0.1) is 0 Å². The zero-order valence-corrected chi connectivity index (χ0v) is 15.6. The third-order valence-corrected chi connectivity index (χ3v) is 4.98. The van der Waals surface area contributed by atoms with Crippen molar-refractivity contribution in [1.29, 1.82) is 0 Å². The summed E-state index contributed by atoms with van der Waals surface area (Å²) in [7, 11) is -1.11. The molecule has 1 N–H and O–H groups in total. The summed E-state index contributed by atoms with van der Waals surface area (Å²) in [6.07, 6.45) is 3.87. The molecule has 2 rings (SSSR count). The molecule has 0 aromatic heterocycles. The van der Waals surface area contributed by atoms with Gasteiger partial charge in [-0.25, -0.2) is 8.51 Å². The molecule has 4 nitrogen and oxygen atoms in total. The molecule has 0 saturated heterocycles. The van der Waals surface area contributed by atoms with Crippen LogP contribution < -0.4 is 0 Å². The fourth-order valence-electron chi connectivity index (χ4n) is 2.76. The van der Waals surface area contributed by atoms with Crippen molar-refractivity contribution in [3.05, 3.63) is 70.8 Å². The lowest BCUT2D eigenvalue weighted by molar-refractivity contribution is -0.136. The number of carboxylic acid groups (broad SMARTS) is 1. The lowest BCUT2D eigenvalue weighted by Gasteiger charge is -2.20. The maximum Gasteiger partial charge on any atom is 0.307 e. The molecule has 0 spiro atoms. The first-order valence-corrected chi connectivity index (χ1v) is 9.95. The van der Waals surface area contributed by atoms with Crippen LogP contribution in [0.3, 0.4) is 0 Å². The van der Waals surface area contributed by atoms with Crippen LogP contribution in [0.4, 0.5) is 0 Å². The Morgan fingerprint density at radius 1 is 1.00 bits per heavy atom. The van der Waals surface area contributed by atoms with Gasteiger partial charge in [-0.2, -0.15) is 0 Å². The lowest BCUT2D eigenvalue weighted by Crippen LogP contribution is -2.24. The van der Waals surface area contributed by atoms with Crippen molar-refractivity contribution in [2.45, 2.75) is 39.3 Å². The number of benzene rings is 2. The SMILES string of the molecule is CCCc1ccc(CN(Cc2cccc(CC(=O)O)c2)S(C)=O)cc1. The van der Waals surface area contributed by atoms with E-state index in [9.17, 15) is 9.00 Å². The fraction of sp³-hybridized carbons (Fsp3) is 0.350. The van der Waals surface area contributed by atoms with E-state index in [2.05, 4.69) is 31.2 Å². The Hall–Kier alpha value is -1.98. The highest BCUT2D eigenvalue weighted by atomic mass is 32.2. The standard InChI is InChI=1S/C20H25NO3S/c1-3-5-16-8-10-17(11-9-16)14-21(25(2)24)15-19-7-4-6-18(12-19)13-20(22)23/h4,6-12H,3,5,13-15H2,1-2H3,(H,22,23).